The third-order valence-electron chi connectivity index (χ3n) is 6.46. The van der Waals surface area contributed by atoms with Gasteiger partial charge in [0.05, 0.1) is 0 Å². The first-order chi connectivity index (χ1) is 8.51. The lowest BCUT2D eigenvalue weighted by molar-refractivity contribution is -0.374. The fraction of sp³-hybridized carbons (Fsp3) is 1.00. The van der Waals surface area contributed by atoms with Crippen LogP contribution in [0.4, 0.5) is 22.0 Å². The summed E-state index contributed by atoms with van der Waals surface area (Å²) in [5, 5.41) is 0. The van der Waals surface area contributed by atoms with Crippen LogP contribution in [-0.4, -0.2) is 12.1 Å². The first kappa shape index (κ1) is 13.6. The van der Waals surface area contributed by atoms with E-state index in [2.05, 4.69) is 0 Å². The SMILES string of the molecule is CC12CC3CC(CC(C3)C1(C)C(F)(F)C(F)(F)F)C2. The maximum absolute atomic E-state index is 14.2. The molecule has 0 heterocycles. The standard InChI is InChI=1S/C14H19F5/c1-11-6-8-3-9(7-11)5-10(4-8)12(11,2)13(15,16)14(17,18)19/h8-10H,3-7H2,1-2H3. The van der Waals surface area contributed by atoms with Crippen molar-refractivity contribution < 1.29 is 22.0 Å². The van der Waals surface area contributed by atoms with Crippen LogP contribution in [0.3, 0.4) is 0 Å². The van der Waals surface area contributed by atoms with Crippen molar-refractivity contribution in [3.05, 3.63) is 0 Å². The van der Waals surface area contributed by atoms with Gasteiger partial charge in [0, 0.05) is 5.41 Å². The van der Waals surface area contributed by atoms with Gasteiger partial charge in [-0.25, -0.2) is 0 Å². The minimum atomic E-state index is -5.44. The summed E-state index contributed by atoms with van der Waals surface area (Å²) < 4.78 is 67.1. The smallest absolute Gasteiger partial charge is 0.196 e. The Morgan fingerprint density at radius 1 is 0.842 bits per heavy atom. The summed E-state index contributed by atoms with van der Waals surface area (Å²) in [6, 6.07) is 0. The molecule has 19 heavy (non-hydrogen) atoms. The molecule has 4 aliphatic carbocycles. The molecule has 3 atom stereocenters. The summed E-state index contributed by atoms with van der Waals surface area (Å²) in [4.78, 5) is 0. The van der Waals surface area contributed by atoms with Crippen molar-refractivity contribution in [2.24, 2.45) is 28.6 Å². The van der Waals surface area contributed by atoms with Crippen LogP contribution in [0.2, 0.25) is 0 Å². The van der Waals surface area contributed by atoms with Crippen LogP contribution in [0, 0.1) is 28.6 Å². The van der Waals surface area contributed by atoms with Crippen LogP contribution in [0.1, 0.15) is 46.0 Å². The van der Waals surface area contributed by atoms with Gasteiger partial charge in [0.15, 0.2) is 0 Å². The van der Waals surface area contributed by atoms with E-state index >= 15 is 0 Å². The number of hydrogen-bond donors (Lipinski definition) is 0. The molecule has 0 aromatic rings. The third-order valence-corrected chi connectivity index (χ3v) is 6.46. The Balaban J connectivity index is 2.08. The van der Waals surface area contributed by atoms with Crippen LogP contribution >= 0.6 is 0 Å². The average Bonchev–Trinajstić information content (AvgIpc) is 2.22. The molecule has 110 valence electrons. The van der Waals surface area contributed by atoms with Crippen molar-refractivity contribution in [3.63, 3.8) is 0 Å². The molecule has 4 bridgehead atoms. The van der Waals surface area contributed by atoms with Gasteiger partial charge in [0.25, 0.3) is 0 Å². The lowest BCUT2D eigenvalue weighted by Crippen LogP contribution is -2.67. The Hall–Kier alpha value is -0.350. The quantitative estimate of drug-likeness (QED) is 0.591. The maximum Gasteiger partial charge on any atom is 0.453 e. The molecule has 4 aliphatic rings. The highest BCUT2D eigenvalue weighted by atomic mass is 19.4. The molecule has 4 rings (SSSR count). The van der Waals surface area contributed by atoms with E-state index in [4.69, 9.17) is 0 Å². The molecule has 0 aromatic carbocycles. The van der Waals surface area contributed by atoms with E-state index in [9.17, 15) is 22.0 Å². The zero-order valence-electron chi connectivity index (χ0n) is 11.2. The second-order valence-electron chi connectivity index (χ2n) is 7.38. The van der Waals surface area contributed by atoms with Crippen LogP contribution in [0.5, 0.6) is 0 Å². The summed E-state index contributed by atoms with van der Waals surface area (Å²) >= 11 is 0. The summed E-state index contributed by atoms with van der Waals surface area (Å²) in [6.45, 7) is 2.86. The van der Waals surface area contributed by atoms with E-state index in [0.717, 1.165) is 6.42 Å². The zero-order chi connectivity index (χ0) is 14.3. The van der Waals surface area contributed by atoms with E-state index in [1.807, 2.05) is 0 Å². The average molecular weight is 282 g/mol. The van der Waals surface area contributed by atoms with Gasteiger partial charge in [-0.1, -0.05) is 13.8 Å². The lowest BCUT2D eigenvalue weighted by atomic mass is 9.38. The molecular formula is C14H19F5. The third kappa shape index (κ3) is 1.45. The highest BCUT2D eigenvalue weighted by Crippen LogP contribution is 2.73. The van der Waals surface area contributed by atoms with E-state index < -0.39 is 28.8 Å². The minimum Gasteiger partial charge on any atom is -0.196 e. The Labute approximate surface area is 109 Å². The monoisotopic (exact) mass is 282 g/mol. The maximum atomic E-state index is 14.2. The van der Waals surface area contributed by atoms with Gasteiger partial charge in [-0.3, -0.25) is 0 Å². The summed E-state index contributed by atoms with van der Waals surface area (Å²) in [5.74, 6) is -4.35. The molecule has 0 saturated heterocycles. The highest BCUT2D eigenvalue weighted by molar-refractivity contribution is 5.16. The van der Waals surface area contributed by atoms with Crippen molar-refractivity contribution in [2.75, 3.05) is 0 Å². The number of alkyl halides is 5. The van der Waals surface area contributed by atoms with Gasteiger partial charge in [-0.05, 0) is 55.3 Å². The summed E-state index contributed by atoms with van der Waals surface area (Å²) in [6.07, 6.45) is -2.26. The normalized spacial score (nSPS) is 49.7. The topological polar surface area (TPSA) is 0 Å². The summed E-state index contributed by atoms with van der Waals surface area (Å²) in [5.41, 5.74) is -2.81. The molecule has 4 saturated carbocycles. The second kappa shape index (κ2) is 3.45. The van der Waals surface area contributed by atoms with E-state index in [1.165, 1.54) is 6.92 Å². The lowest BCUT2D eigenvalue weighted by Gasteiger charge is -2.67. The van der Waals surface area contributed by atoms with Crippen LogP contribution in [-0.2, 0) is 0 Å². The molecule has 0 radical (unpaired) electrons. The molecule has 0 spiro atoms. The van der Waals surface area contributed by atoms with Crippen molar-refractivity contribution in [1.29, 1.82) is 0 Å². The fourth-order valence-corrected chi connectivity index (χ4v) is 5.57. The highest BCUT2D eigenvalue weighted by Gasteiger charge is 2.77. The number of hydrogen-bond acceptors (Lipinski definition) is 0. The van der Waals surface area contributed by atoms with Gasteiger partial charge in [-0.2, -0.15) is 22.0 Å². The van der Waals surface area contributed by atoms with Gasteiger partial charge in [0.1, 0.15) is 0 Å². The Bertz CT molecular complexity index is 385. The van der Waals surface area contributed by atoms with Gasteiger partial charge in [-0.15, -0.1) is 0 Å². The summed E-state index contributed by atoms with van der Waals surface area (Å²) in [7, 11) is 0. The molecule has 0 aliphatic heterocycles. The minimum absolute atomic E-state index is 0.361. The molecule has 4 fully saturated rings. The molecule has 3 unspecified atom stereocenters. The molecular weight excluding hydrogens is 263 g/mol. The molecule has 0 amide bonds. The van der Waals surface area contributed by atoms with E-state index in [-0.39, 0.29) is 0 Å². The fourth-order valence-electron chi connectivity index (χ4n) is 5.57. The van der Waals surface area contributed by atoms with Gasteiger partial charge in [0.2, 0.25) is 0 Å². The van der Waals surface area contributed by atoms with Crippen LogP contribution in [0.15, 0.2) is 0 Å². The predicted octanol–water partition coefficient (Wildman–Crippen LogP) is 5.04. The first-order valence-corrected chi connectivity index (χ1v) is 6.96. The largest absolute Gasteiger partial charge is 0.453 e. The second-order valence-corrected chi connectivity index (χ2v) is 7.38. The molecule has 0 N–H and O–H groups in total. The molecule has 0 aromatic heterocycles. The van der Waals surface area contributed by atoms with E-state index in [1.54, 1.807) is 6.92 Å². The first-order valence-electron chi connectivity index (χ1n) is 6.96. The van der Waals surface area contributed by atoms with Crippen LogP contribution in [0.25, 0.3) is 0 Å². The molecule has 0 nitrogen and oxygen atoms in total. The predicted molar refractivity (Wildman–Crippen MR) is 60.8 cm³/mol. The Morgan fingerprint density at radius 2 is 1.32 bits per heavy atom. The van der Waals surface area contributed by atoms with Crippen LogP contribution < -0.4 is 0 Å². The van der Waals surface area contributed by atoms with Crippen molar-refractivity contribution in [3.8, 4) is 0 Å². The van der Waals surface area contributed by atoms with E-state index in [0.29, 0.717) is 37.5 Å². The Kier molecular flexibility index (Phi) is 2.48. The van der Waals surface area contributed by atoms with Gasteiger partial charge >= 0.3 is 12.1 Å². The number of halogens is 5. The zero-order valence-corrected chi connectivity index (χ0v) is 11.2. The van der Waals surface area contributed by atoms with Crippen molar-refractivity contribution in [2.45, 2.75) is 58.1 Å². The molecule has 5 heteroatoms. The van der Waals surface area contributed by atoms with Crippen molar-refractivity contribution >= 4 is 0 Å². The number of rotatable bonds is 1. The van der Waals surface area contributed by atoms with Gasteiger partial charge < -0.3 is 0 Å². The Morgan fingerprint density at radius 3 is 1.68 bits per heavy atom. The van der Waals surface area contributed by atoms with Crippen molar-refractivity contribution in [1.82, 2.24) is 0 Å².